The Labute approximate surface area is 181 Å². The molecule has 1 aromatic heterocycles. The predicted octanol–water partition coefficient (Wildman–Crippen LogP) is 4.92. The maximum atomic E-state index is 13.1. The zero-order valence-electron chi connectivity index (χ0n) is 15.9. The zero-order chi connectivity index (χ0) is 21.5. The fourth-order valence-corrected chi connectivity index (χ4v) is 3.62. The molecule has 0 fully saturated rings. The van der Waals surface area contributed by atoms with Gasteiger partial charge < -0.3 is 4.84 Å². The molecule has 0 unspecified atom stereocenters. The highest BCUT2D eigenvalue weighted by Gasteiger charge is 2.39. The van der Waals surface area contributed by atoms with E-state index in [0.717, 1.165) is 5.56 Å². The topological polar surface area (TPSA) is 76.6 Å². The molecule has 3 aromatic carbocycles. The summed E-state index contributed by atoms with van der Waals surface area (Å²) in [7, 11) is 0. The Kier molecular flexibility index (Phi) is 4.49. The molecule has 0 saturated heterocycles. The van der Waals surface area contributed by atoms with Crippen LogP contribution in [-0.2, 0) is 4.84 Å². The molecule has 1 aliphatic rings. The molecule has 0 saturated carbocycles. The summed E-state index contributed by atoms with van der Waals surface area (Å²) < 4.78 is 0. The van der Waals surface area contributed by atoms with Crippen LogP contribution < -0.4 is 0 Å². The third kappa shape index (κ3) is 3.23. The van der Waals surface area contributed by atoms with Crippen molar-refractivity contribution in [3.63, 3.8) is 0 Å². The Balaban J connectivity index is 1.55. The van der Waals surface area contributed by atoms with Gasteiger partial charge in [0.15, 0.2) is 0 Å². The van der Waals surface area contributed by atoms with Gasteiger partial charge in [0.2, 0.25) is 0 Å². The van der Waals surface area contributed by atoms with Crippen LogP contribution >= 0.6 is 11.6 Å². The molecule has 0 atom stereocenters. The van der Waals surface area contributed by atoms with E-state index in [1.54, 1.807) is 66.7 Å². The molecule has 2 heterocycles. The second-order valence-corrected chi connectivity index (χ2v) is 7.34. The lowest BCUT2D eigenvalue weighted by Gasteiger charge is -2.14. The third-order valence-electron chi connectivity index (χ3n) is 5.01. The molecular formula is C24H13ClN2O4. The smallest absolute Gasteiger partial charge is 0.324 e. The van der Waals surface area contributed by atoms with E-state index in [4.69, 9.17) is 16.4 Å². The minimum absolute atomic E-state index is 0.187. The molecule has 2 amide bonds. The molecule has 0 N–H and O–H groups in total. The number of hydrogen-bond acceptors (Lipinski definition) is 5. The summed E-state index contributed by atoms with van der Waals surface area (Å²) in [5.41, 5.74) is 2.44. The molecule has 0 bridgehead atoms. The van der Waals surface area contributed by atoms with Crippen LogP contribution in [-0.4, -0.2) is 27.8 Å². The highest BCUT2D eigenvalue weighted by molar-refractivity contribution is 6.30. The number of nitrogens with zero attached hydrogens (tertiary/aromatic N) is 2. The van der Waals surface area contributed by atoms with Gasteiger partial charge >= 0.3 is 5.97 Å². The fraction of sp³-hybridized carbons (Fsp3) is 0. The number of fused-ring (bicyclic) bond motifs is 2. The van der Waals surface area contributed by atoms with Gasteiger partial charge in [-0.15, -0.1) is 0 Å². The van der Waals surface area contributed by atoms with Gasteiger partial charge in [0.1, 0.15) is 0 Å². The molecule has 150 valence electrons. The molecule has 0 spiro atoms. The Morgan fingerprint density at radius 3 is 2.13 bits per heavy atom. The van der Waals surface area contributed by atoms with E-state index in [2.05, 4.69) is 4.98 Å². The van der Waals surface area contributed by atoms with E-state index in [1.807, 2.05) is 0 Å². The van der Waals surface area contributed by atoms with Crippen LogP contribution in [0.5, 0.6) is 0 Å². The molecule has 4 aromatic rings. The van der Waals surface area contributed by atoms with Crippen molar-refractivity contribution in [1.82, 2.24) is 10.0 Å². The first kappa shape index (κ1) is 19.0. The van der Waals surface area contributed by atoms with E-state index in [9.17, 15) is 14.4 Å². The maximum absolute atomic E-state index is 13.1. The van der Waals surface area contributed by atoms with Gasteiger partial charge in [-0.2, -0.15) is 0 Å². The second kappa shape index (κ2) is 7.34. The van der Waals surface area contributed by atoms with E-state index in [-0.39, 0.29) is 16.7 Å². The number of aromatic nitrogens is 1. The largest absolute Gasteiger partial charge is 0.364 e. The molecule has 31 heavy (non-hydrogen) atoms. The standard InChI is InChI=1S/C24H13ClN2O4/c25-15-11-9-14(10-12-15)21-13-19(16-5-3-4-8-20(16)26-21)24(30)31-27-22(28)17-6-1-2-7-18(17)23(27)29/h1-13H. The lowest BCUT2D eigenvalue weighted by Crippen LogP contribution is -2.32. The van der Waals surface area contributed by atoms with Crippen molar-refractivity contribution in [2.24, 2.45) is 0 Å². The SMILES string of the molecule is O=C(ON1C(=O)c2ccccc2C1=O)c1cc(-c2ccc(Cl)cc2)nc2ccccc12. The number of imide groups is 1. The lowest BCUT2D eigenvalue weighted by atomic mass is 10.0. The van der Waals surface area contributed by atoms with E-state index in [0.29, 0.717) is 26.7 Å². The number of benzene rings is 3. The Bertz CT molecular complexity index is 1350. The van der Waals surface area contributed by atoms with Crippen LogP contribution in [0.25, 0.3) is 22.2 Å². The number of halogens is 1. The van der Waals surface area contributed by atoms with Crippen molar-refractivity contribution >= 4 is 40.3 Å². The van der Waals surface area contributed by atoms with E-state index < -0.39 is 17.8 Å². The average molecular weight is 429 g/mol. The quantitative estimate of drug-likeness (QED) is 0.433. The number of hydrogen-bond donors (Lipinski definition) is 0. The number of rotatable bonds is 3. The summed E-state index contributed by atoms with van der Waals surface area (Å²) >= 11 is 5.97. The van der Waals surface area contributed by atoms with Gasteiger partial charge in [0, 0.05) is 16.0 Å². The summed E-state index contributed by atoms with van der Waals surface area (Å²) in [6.45, 7) is 0. The summed E-state index contributed by atoms with van der Waals surface area (Å²) in [4.78, 5) is 48.1. The van der Waals surface area contributed by atoms with Crippen LogP contribution in [0.3, 0.4) is 0 Å². The first-order valence-corrected chi connectivity index (χ1v) is 9.76. The van der Waals surface area contributed by atoms with Crippen molar-refractivity contribution in [2.75, 3.05) is 0 Å². The predicted molar refractivity (Wildman–Crippen MR) is 115 cm³/mol. The normalized spacial score (nSPS) is 12.9. The fourth-order valence-electron chi connectivity index (χ4n) is 3.49. The first-order valence-electron chi connectivity index (χ1n) is 9.39. The summed E-state index contributed by atoms with van der Waals surface area (Å²) in [5.74, 6) is -2.18. The minimum atomic E-state index is -0.830. The monoisotopic (exact) mass is 428 g/mol. The van der Waals surface area contributed by atoms with Crippen molar-refractivity contribution < 1.29 is 19.2 Å². The van der Waals surface area contributed by atoms with Crippen molar-refractivity contribution in [1.29, 1.82) is 0 Å². The number of hydroxylamine groups is 2. The van der Waals surface area contributed by atoms with Gasteiger partial charge in [-0.1, -0.05) is 59.1 Å². The van der Waals surface area contributed by atoms with Crippen LogP contribution in [0.1, 0.15) is 31.1 Å². The van der Waals surface area contributed by atoms with Crippen molar-refractivity contribution in [2.45, 2.75) is 0 Å². The molecule has 5 rings (SSSR count). The molecule has 6 nitrogen and oxygen atoms in total. The van der Waals surface area contributed by atoms with Crippen LogP contribution in [0.2, 0.25) is 5.02 Å². The number of amides is 2. The highest BCUT2D eigenvalue weighted by atomic mass is 35.5. The van der Waals surface area contributed by atoms with Crippen LogP contribution in [0.15, 0.2) is 78.9 Å². The summed E-state index contributed by atoms with van der Waals surface area (Å²) in [6.07, 6.45) is 0. The summed E-state index contributed by atoms with van der Waals surface area (Å²) in [5, 5.41) is 1.63. The Hall–Kier alpha value is -4.03. The highest BCUT2D eigenvalue weighted by Crippen LogP contribution is 2.28. The lowest BCUT2D eigenvalue weighted by molar-refractivity contribution is -0.0583. The number of carbonyl (C=O) groups is 3. The number of para-hydroxylation sites is 1. The van der Waals surface area contributed by atoms with Crippen LogP contribution in [0.4, 0.5) is 0 Å². The number of pyridine rings is 1. The van der Waals surface area contributed by atoms with Gasteiger partial charge in [0.05, 0.1) is 27.9 Å². The number of carbonyl (C=O) groups excluding carboxylic acids is 3. The Morgan fingerprint density at radius 1 is 0.839 bits per heavy atom. The third-order valence-corrected chi connectivity index (χ3v) is 5.26. The van der Waals surface area contributed by atoms with Gasteiger partial charge in [-0.25, -0.2) is 9.78 Å². The van der Waals surface area contributed by atoms with Gasteiger partial charge in [-0.3, -0.25) is 9.59 Å². The maximum Gasteiger partial charge on any atom is 0.364 e. The molecule has 1 aliphatic heterocycles. The molecule has 7 heteroatoms. The first-order chi connectivity index (χ1) is 15.0. The average Bonchev–Trinajstić information content (AvgIpc) is 3.04. The second-order valence-electron chi connectivity index (χ2n) is 6.91. The zero-order valence-corrected chi connectivity index (χ0v) is 16.7. The van der Waals surface area contributed by atoms with Crippen LogP contribution in [0, 0.1) is 0 Å². The van der Waals surface area contributed by atoms with Gasteiger partial charge in [0.25, 0.3) is 11.8 Å². The van der Waals surface area contributed by atoms with Crippen molar-refractivity contribution in [3.8, 4) is 11.3 Å². The molecule has 0 radical (unpaired) electrons. The van der Waals surface area contributed by atoms with Crippen molar-refractivity contribution in [3.05, 3.63) is 101 Å². The van der Waals surface area contributed by atoms with E-state index in [1.165, 1.54) is 12.1 Å². The molecular weight excluding hydrogens is 416 g/mol. The van der Waals surface area contributed by atoms with E-state index >= 15 is 0 Å². The van der Waals surface area contributed by atoms with Gasteiger partial charge in [-0.05, 0) is 36.4 Å². The Morgan fingerprint density at radius 2 is 1.45 bits per heavy atom. The minimum Gasteiger partial charge on any atom is -0.324 e. The molecule has 0 aliphatic carbocycles. The summed E-state index contributed by atoms with van der Waals surface area (Å²) in [6, 6.07) is 22.0.